The minimum atomic E-state index is 1.24. The van der Waals surface area contributed by atoms with Crippen LogP contribution in [0.1, 0.15) is 0 Å². The molecule has 0 unspecified atom stereocenters. The predicted octanol–water partition coefficient (Wildman–Crippen LogP) is 10.8. The average Bonchev–Trinajstić information content (AvgIpc) is 3.01. The van der Waals surface area contributed by atoms with Gasteiger partial charge in [0.2, 0.25) is 0 Å². The summed E-state index contributed by atoms with van der Waals surface area (Å²) in [4.78, 5) is 0. The van der Waals surface area contributed by atoms with Crippen LogP contribution < -0.4 is 0 Å². The minimum absolute atomic E-state index is 1.24. The molecule has 0 saturated heterocycles. The van der Waals surface area contributed by atoms with E-state index in [1.807, 2.05) is 0 Å². The molecule has 0 spiro atoms. The zero-order valence-corrected chi connectivity index (χ0v) is 20.9. The zero-order valence-electron chi connectivity index (χ0n) is 20.9. The molecule has 0 aliphatic carbocycles. The van der Waals surface area contributed by atoms with E-state index in [0.717, 1.165) is 0 Å². The highest BCUT2D eigenvalue weighted by molar-refractivity contribution is 6.39. The van der Waals surface area contributed by atoms with Gasteiger partial charge in [-0.3, -0.25) is 0 Å². The largest absolute Gasteiger partial charge is 0.0622 e. The molecule has 0 saturated carbocycles. The molecule has 0 nitrogen and oxygen atoms in total. The van der Waals surface area contributed by atoms with Crippen molar-refractivity contribution in [2.24, 2.45) is 0 Å². The van der Waals surface area contributed by atoms with Crippen LogP contribution in [0.3, 0.4) is 0 Å². The van der Waals surface area contributed by atoms with Crippen molar-refractivity contribution in [3.8, 4) is 22.3 Å². The summed E-state index contributed by atoms with van der Waals surface area (Å²) >= 11 is 0. The van der Waals surface area contributed by atoms with Gasteiger partial charge in [0.25, 0.3) is 0 Å². The van der Waals surface area contributed by atoms with E-state index in [1.165, 1.54) is 76.1 Å². The van der Waals surface area contributed by atoms with Gasteiger partial charge in [0.15, 0.2) is 0 Å². The topological polar surface area (TPSA) is 0 Å². The Bertz CT molecular complexity index is 2000. The van der Waals surface area contributed by atoms with E-state index >= 15 is 0 Å². The fourth-order valence-corrected chi connectivity index (χ4v) is 6.29. The zero-order chi connectivity index (χ0) is 25.1. The van der Waals surface area contributed by atoms with Gasteiger partial charge in [0.1, 0.15) is 0 Å². The number of benzene rings is 8. The normalized spacial score (nSPS) is 11.7. The predicted molar refractivity (Wildman–Crippen MR) is 165 cm³/mol. The summed E-state index contributed by atoms with van der Waals surface area (Å²) in [6.07, 6.45) is 0. The summed E-state index contributed by atoms with van der Waals surface area (Å²) in [5, 5.41) is 13.1. The fraction of sp³-hybridized carbons (Fsp3) is 0. The Morgan fingerprint density at radius 3 is 0.974 bits per heavy atom. The van der Waals surface area contributed by atoms with Crippen LogP contribution in [0.15, 0.2) is 146 Å². The third-order valence-corrected chi connectivity index (χ3v) is 8.02. The Morgan fingerprint density at radius 2 is 0.553 bits per heavy atom. The quantitative estimate of drug-likeness (QED) is 0.216. The smallest absolute Gasteiger partial charge is 0.00137 e. The van der Waals surface area contributed by atoms with E-state index in [9.17, 15) is 0 Å². The van der Waals surface area contributed by atoms with Crippen molar-refractivity contribution < 1.29 is 0 Å². The maximum Gasteiger partial charge on any atom is -0.00137 e. The highest BCUT2D eigenvalue weighted by Gasteiger charge is 2.17. The molecule has 8 aromatic rings. The molecule has 0 radical (unpaired) electrons. The summed E-state index contributed by atoms with van der Waals surface area (Å²) < 4.78 is 0. The number of hydrogen-bond acceptors (Lipinski definition) is 0. The van der Waals surface area contributed by atoms with Crippen molar-refractivity contribution in [2.75, 3.05) is 0 Å². The van der Waals surface area contributed by atoms with Gasteiger partial charge in [-0.2, -0.15) is 0 Å². The van der Waals surface area contributed by atoms with Crippen LogP contribution in [-0.4, -0.2) is 0 Å². The van der Waals surface area contributed by atoms with E-state index in [4.69, 9.17) is 0 Å². The third kappa shape index (κ3) is 3.11. The molecule has 8 rings (SSSR count). The van der Waals surface area contributed by atoms with Crippen LogP contribution in [0.4, 0.5) is 0 Å². The maximum atomic E-state index is 2.40. The minimum Gasteiger partial charge on any atom is -0.0622 e. The summed E-state index contributed by atoms with van der Waals surface area (Å²) in [7, 11) is 0. The summed E-state index contributed by atoms with van der Waals surface area (Å²) in [5.41, 5.74) is 4.98. The van der Waals surface area contributed by atoms with Crippen LogP contribution in [0.25, 0.3) is 76.1 Å². The van der Waals surface area contributed by atoms with Crippen molar-refractivity contribution in [3.05, 3.63) is 146 Å². The van der Waals surface area contributed by atoms with Gasteiger partial charge in [-0.15, -0.1) is 0 Å². The Kier molecular flexibility index (Phi) is 4.62. The maximum absolute atomic E-state index is 2.40. The monoisotopic (exact) mass is 480 g/mol. The van der Waals surface area contributed by atoms with E-state index in [0.29, 0.717) is 0 Å². The van der Waals surface area contributed by atoms with E-state index < -0.39 is 0 Å². The molecule has 0 aliphatic rings. The number of fused-ring (bicyclic) bond motifs is 11. The summed E-state index contributed by atoms with van der Waals surface area (Å²) in [5.74, 6) is 0. The molecule has 8 aromatic carbocycles. The summed E-state index contributed by atoms with van der Waals surface area (Å²) in [6.45, 7) is 0. The standard InChI is InChI=1S/C38H24/c1-3-11-25(12-4-1)27-19-21-31-32-22-20-28(26-13-5-2-6-14-26)24-36(32)38-34-18-10-8-16-30(34)29-15-7-9-17-33(29)37(38)35(31)23-27/h1-24H. The Labute approximate surface area is 221 Å². The second-order valence-corrected chi connectivity index (χ2v) is 10.1. The van der Waals surface area contributed by atoms with E-state index in [2.05, 4.69) is 146 Å². The van der Waals surface area contributed by atoms with Crippen LogP contribution in [0, 0.1) is 0 Å². The molecule has 0 heterocycles. The lowest BCUT2D eigenvalue weighted by atomic mass is 9.85. The van der Waals surface area contributed by atoms with Gasteiger partial charge in [0, 0.05) is 0 Å². The van der Waals surface area contributed by atoms with Crippen molar-refractivity contribution >= 4 is 53.9 Å². The fourth-order valence-electron chi connectivity index (χ4n) is 6.29. The molecular formula is C38H24. The molecule has 0 N–H and O–H groups in total. The SMILES string of the molecule is c1ccc(-c2ccc3c4ccc(-c5ccccc5)cc4c4c5ccccc5c5ccccc5c4c3c2)cc1. The lowest BCUT2D eigenvalue weighted by Gasteiger charge is -2.18. The third-order valence-electron chi connectivity index (χ3n) is 8.02. The Balaban J connectivity index is 1.64. The number of rotatable bonds is 2. The molecule has 0 aliphatic heterocycles. The van der Waals surface area contributed by atoms with Crippen molar-refractivity contribution in [1.29, 1.82) is 0 Å². The molecular weight excluding hydrogens is 456 g/mol. The van der Waals surface area contributed by atoms with Crippen molar-refractivity contribution in [1.82, 2.24) is 0 Å². The van der Waals surface area contributed by atoms with Crippen molar-refractivity contribution in [3.63, 3.8) is 0 Å². The highest BCUT2D eigenvalue weighted by atomic mass is 14.2. The van der Waals surface area contributed by atoms with Gasteiger partial charge in [0.05, 0.1) is 0 Å². The Hall–Kier alpha value is -4.94. The first-order valence-corrected chi connectivity index (χ1v) is 13.2. The van der Waals surface area contributed by atoms with Crippen LogP contribution >= 0.6 is 0 Å². The second kappa shape index (κ2) is 8.30. The lowest BCUT2D eigenvalue weighted by molar-refractivity contribution is 1.65. The highest BCUT2D eigenvalue weighted by Crippen LogP contribution is 2.45. The molecule has 0 fully saturated rings. The van der Waals surface area contributed by atoms with Gasteiger partial charge in [-0.1, -0.05) is 133 Å². The van der Waals surface area contributed by atoms with Gasteiger partial charge >= 0.3 is 0 Å². The first-order chi connectivity index (χ1) is 18.9. The first kappa shape index (κ1) is 21.2. The second-order valence-electron chi connectivity index (χ2n) is 10.1. The van der Waals surface area contributed by atoms with Gasteiger partial charge < -0.3 is 0 Å². The first-order valence-electron chi connectivity index (χ1n) is 13.2. The molecule has 0 amide bonds. The van der Waals surface area contributed by atoms with E-state index in [-0.39, 0.29) is 0 Å². The molecule has 0 aromatic heterocycles. The van der Waals surface area contributed by atoms with Crippen LogP contribution in [0.2, 0.25) is 0 Å². The number of hydrogen-bond donors (Lipinski definition) is 0. The lowest BCUT2D eigenvalue weighted by Crippen LogP contribution is -1.90. The van der Waals surface area contributed by atoms with Crippen LogP contribution in [0.5, 0.6) is 0 Å². The average molecular weight is 481 g/mol. The van der Waals surface area contributed by atoms with Gasteiger partial charge in [-0.05, 0) is 88.2 Å². The molecule has 0 bridgehead atoms. The molecule has 0 atom stereocenters. The summed E-state index contributed by atoms with van der Waals surface area (Å²) in [6, 6.07) is 53.2. The van der Waals surface area contributed by atoms with Gasteiger partial charge in [-0.25, -0.2) is 0 Å². The Morgan fingerprint density at radius 1 is 0.211 bits per heavy atom. The molecule has 38 heavy (non-hydrogen) atoms. The van der Waals surface area contributed by atoms with E-state index in [1.54, 1.807) is 0 Å². The van der Waals surface area contributed by atoms with Crippen molar-refractivity contribution in [2.45, 2.75) is 0 Å². The molecule has 176 valence electrons. The molecule has 0 heteroatoms. The van der Waals surface area contributed by atoms with Crippen LogP contribution in [-0.2, 0) is 0 Å².